The molecule has 0 aromatic heterocycles. The van der Waals surface area contributed by atoms with Crippen molar-refractivity contribution in [3.63, 3.8) is 0 Å². The molecule has 0 radical (unpaired) electrons. The van der Waals surface area contributed by atoms with Gasteiger partial charge in [0.25, 0.3) is 0 Å². The molecule has 3 rings (SSSR count). The fourth-order valence-electron chi connectivity index (χ4n) is 3.34. The zero-order valence-electron chi connectivity index (χ0n) is 13.7. The molecule has 2 nitrogen and oxygen atoms in total. The number of hydrogen-bond acceptors (Lipinski definition) is 2. The lowest BCUT2D eigenvalue weighted by atomic mass is 10.1. The minimum absolute atomic E-state index is 0.465. The maximum atomic E-state index is 6.37. The van der Waals surface area contributed by atoms with Crippen LogP contribution in [0.2, 0.25) is 10.0 Å². The number of aryl methyl sites for hydroxylation is 2. The molecule has 1 unspecified atom stereocenters. The van der Waals surface area contributed by atoms with Crippen LogP contribution < -0.4 is 9.80 Å². The monoisotopic (exact) mass is 436 g/mol. The zero-order valence-corrected chi connectivity index (χ0v) is 17.5. The first-order chi connectivity index (χ1) is 11.6. The molecule has 1 aliphatic rings. The molecule has 1 aliphatic heterocycles. The van der Waals surface area contributed by atoms with Crippen LogP contribution in [-0.4, -0.2) is 23.0 Å². The van der Waals surface area contributed by atoms with Crippen molar-refractivity contribution in [2.24, 2.45) is 0 Å². The van der Waals surface area contributed by atoms with E-state index in [9.17, 15) is 0 Å². The summed E-state index contributed by atoms with van der Waals surface area (Å²) in [5, 5.41) is 1.10. The minimum Gasteiger partial charge on any atom is -0.346 e. The highest BCUT2D eigenvalue weighted by Gasteiger charge is 2.46. The van der Waals surface area contributed by atoms with Gasteiger partial charge in [0.2, 0.25) is 3.79 Å². The Kier molecular flexibility index (Phi) is 5.58. The van der Waals surface area contributed by atoms with Crippen LogP contribution in [0.15, 0.2) is 36.4 Å². The number of benzene rings is 2. The van der Waals surface area contributed by atoms with Crippen molar-refractivity contribution in [2.45, 2.75) is 23.8 Å². The van der Waals surface area contributed by atoms with E-state index in [0.29, 0.717) is 16.6 Å². The summed E-state index contributed by atoms with van der Waals surface area (Å²) >= 11 is 31.4. The van der Waals surface area contributed by atoms with Gasteiger partial charge in [-0.15, -0.1) is 0 Å². The average Bonchev–Trinajstić information content (AvgIpc) is 2.90. The SMILES string of the molecule is Cc1cc(C)cc(N2CCN(c3cc(Cl)cc(Cl)c3)C2C(Cl)(Cl)Cl)c1. The van der Waals surface area contributed by atoms with Gasteiger partial charge in [-0.3, -0.25) is 0 Å². The lowest BCUT2D eigenvalue weighted by molar-refractivity contribution is 0.681. The largest absolute Gasteiger partial charge is 0.346 e. The lowest BCUT2D eigenvalue weighted by Crippen LogP contribution is -2.48. The summed E-state index contributed by atoms with van der Waals surface area (Å²) in [5.41, 5.74) is 4.20. The molecule has 1 atom stereocenters. The smallest absolute Gasteiger partial charge is 0.228 e. The second-order valence-corrected chi connectivity index (χ2v) is 9.52. The molecule has 0 spiro atoms. The molecule has 25 heavy (non-hydrogen) atoms. The van der Waals surface area contributed by atoms with Crippen molar-refractivity contribution in [1.82, 2.24) is 0 Å². The van der Waals surface area contributed by atoms with E-state index in [0.717, 1.165) is 17.9 Å². The number of anilines is 2. The molecular formula is C18H17Cl5N2. The van der Waals surface area contributed by atoms with E-state index in [-0.39, 0.29) is 0 Å². The molecular weight excluding hydrogens is 421 g/mol. The van der Waals surface area contributed by atoms with E-state index >= 15 is 0 Å². The number of rotatable bonds is 2. The molecule has 134 valence electrons. The van der Waals surface area contributed by atoms with Crippen LogP contribution in [-0.2, 0) is 0 Å². The van der Waals surface area contributed by atoms with Gasteiger partial charge >= 0.3 is 0 Å². The van der Waals surface area contributed by atoms with Crippen LogP contribution in [0, 0.1) is 13.8 Å². The Hall–Kier alpha value is -0.510. The lowest BCUT2D eigenvalue weighted by Gasteiger charge is -2.37. The fourth-order valence-corrected chi connectivity index (χ4v) is 4.57. The molecule has 1 heterocycles. The summed E-state index contributed by atoms with van der Waals surface area (Å²) in [6.07, 6.45) is -0.465. The van der Waals surface area contributed by atoms with Crippen molar-refractivity contribution in [3.05, 3.63) is 57.6 Å². The van der Waals surface area contributed by atoms with Crippen molar-refractivity contribution in [1.29, 1.82) is 0 Å². The van der Waals surface area contributed by atoms with Gasteiger partial charge in [-0.1, -0.05) is 64.1 Å². The Morgan fingerprint density at radius 3 is 1.64 bits per heavy atom. The van der Waals surface area contributed by atoms with E-state index in [1.165, 1.54) is 11.1 Å². The normalized spacial score (nSPS) is 18.1. The van der Waals surface area contributed by atoms with Gasteiger partial charge in [-0.2, -0.15) is 0 Å². The third kappa shape index (κ3) is 4.26. The summed E-state index contributed by atoms with van der Waals surface area (Å²) in [4.78, 5) is 4.14. The number of halogens is 5. The molecule has 1 fully saturated rings. The highest BCUT2D eigenvalue weighted by molar-refractivity contribution is 6.68. The molecule has 0 bridgehead atoms. The second-order valence-electron chi connectivity index (χ2n) is 6.28. The first-order valence-corrected chi connectivity index (χ1v) is 9.68. The van der Waals surface area contributed by atoms with Gasteiger partial charge in [0.05, 0.1) is 0 Å². The maximum Gasteiger partial charge on any atom is 0.228 e. The molecule has 0 aliphatic carbocycles. The van der Waals surface area contributed by atoms with E-state index < -0.39 is 9.96 Å². The highest BCUT2D eigenvalue weighted by Crippen LogP contribution is 2.43. The van der Waals surface area contributed by atoms with E-state index in [2.05, 4.69) is 36.9 Å². The fraction of sp³-hybridized carbons (Fsp3) is 0.333. The first kappa shape index (κ1) is 19.3. The quantitative estimate of drug-likeness (QED) is 0.485. The van der Waals surface area contributed by atoms with Crippen LogP contribution in [0.3, 0.4) is 0 Å². The highest BCUT2D eigenvalue weighted by atomic mass is 35.6. The Labute approximate surface area is 173 Å². The molecule has 1 saturated heterocycles. The summed E-state index contributed by atoms with van der Waals surface area (Å²) in [6, 6.07) is 11.7. The predicted octanol–water partition coefficient (Wildman–Crippen LogP) is 6.63. The van der Waals surface area contributed by atoms with Crippen molar-refractivity contribution in [2.75, 3.05) is 22.9 Å². The van der Waals surface area contributed by atoms with Gasteiger partial charge in [0.15, 0.2) is 6.17 Å². The van der Waals surface area contributed by atoms with Gasteiger partial charge in [0.1, 0.15) is 0 Å². The molecule has 0 saturated carbocycles. The molecule has 0 N–H and O–H groups in total. The number of alkyl halides is 3. The van der Waals surface area contributed by atoms with Crippen molar-refractivity contribution >= 4 is 69.4 Å². The van der Waals surface area contributed by atoms with E-state index in [4.69, 9.17) is 58.0 Å². The summed E-state index contributed by atoms with van der Waals surface area (Å²) in [6.45, 7) is 5.55. The molecule has 2 aromatic carbocycles. The van der Waals surface area contributed by atoms with Crippen molar-refractivity contribution in [3.8, 4) is 0 Å². The van der Waals surface area contributed by atoms with Crippen LogP contribution in [0.5, 0.6) is 0 Å². The Bertz CT molecular complexity index is 688. The number of nitrogens with zero attached hydrogens (tertiary/aromatic N) is 2. The standard InChI is InChI=1S/C18H17Cl5N2/c1-11-5-12(2)7-15(6-11)24-3-4-25(17(24)18(21,22)23)16-9-13(19)8-14(20)10-16/h5-10,17H,3-4H2,1-2H3. The Balaban J connectivity index is 2.04. The van der Waals surface area contributed by atoms with E-state index in [1.54, 1.807) is 6.07 Å². The van der Waals surface area contributed by atoms with Gasteiger partial charge < -0.3 is 9.80 Å². The summed E-state index contributed by atoms with van der Waals surface area (Å²) in [5.74, 6) is 0. The zero-order chi connectivity index (χ0) is 18.4. The second kappa shape index (κ2) is 7.25. The minimum atomic E-state index is -1.51. The third-order valence-electron chi connectivity index (χ3n) is 4.18. The molecule has 2 aromatic rings. The van der Waals surface area contributed by atoms with Gasteiger partial charge in [0, 0.05) is 34.5 Å². The third-order valence-corrected chi connectivity index (χ3v) is 5.20. The molecule has 7 heteroatoms. The molecule has 0 amide bonds. The Morgan fingerprint density at radius 2 is 1.20 bits per heavy atom. The maximum absolute atomic E-state index is 6.37. The topological polar surface area (TPSA) is 6.48 Å². The summed E-state index contributed by atoms with van der Waals surface area (Å²) in [7, 11) is 0. The first-order valence-electron chi connectivity index (χ1n) is 7.79. The van der Waals surface area contributed by atoms with Crippen LogP contribution in [0.25, 0.3) is 0 Å². The number of hydrogen-bond donors (Lipinski definition) is 0. The van der Waals surface area contributed by atoms with Gasteiger partial charge in [-0.25, -0.2) is 0 Å². The predicted molar refractivity (Wildman–Crippen MR) is 111 cm³/mol. The van der Waals surface area contributed by atoms with E-state index in [1.807, 2.05) is 17.0 Å². The van der Waals surface area contributed by atoms with Crippen LogP contribution >= 0.6 is 58.0 Å². The van der Waals surface area contributed by atoms with Crippen LogP contribution in [0.4, 0.5) is 11.4 Å². The Morgan fingerprint density at radius 1 is 0.760 bits per heavy atom. The average molecular weight is 439 g/mol. The van der Waals surface area contributed by atoms with Crippen LogP contribution in [0.1, 0.15) is 11.1 Å². The van der Waals surface area contributed by atoms with Gasteiger partial charge in [-0.05, 0) is 55.3 Å². The summed E-state index contributed by atoms with van der Waals surface area (Å²) < 4.78 is -1.51. The van der Waals surface area contributed by atoms with Crippen molar-refractivity contribution < 1.29 is 0 Å².